The van der Waals surface area contributed by atoms with Crippen molar-refractivity contribution in [1.82, 2.24) is 15.1 Å². The van der Waals surface area contributed by atoms with Crippen LogP contribution in [0.25, 0.3) is 0 Å². The Morgan fingerprint density at radius 1 is 1.10 bits per heavy atom. The van der Waals surface area contributed by atoms with Crippen LogP contribution in [0.1, 0.15) is 41.1 Å². The Morgan fingerprint density at radius 3 is 2.53 bits per heavy atom. The third kappa shape index (κ3) is 3.44. The fraction of sp³-hybridized carbons (Fsp3) is 0.417. The van der Waals surface area contributed by atoms with Crippen LogP contribution in [-0.2, 0) is 6.42 Å². The molecule has 2 amide bonds. The summed E-state index contributed by atoms with van der Waals surface area (Å²) in [5.41, 5.74) is 3.59. The summed E-state index contributed by atoms with van der Waals surface area (Å²) in [5, 5.41) is 12.6. The van der Waals surface area contributed by atoms with Crippen LogP contribution in [0.4, 0.5) is 9.18 Å². The van der Waals surface area contributed by atoms with Gasteiger partial charge in [0.1, 0.15) is 5.82 Å². The number of nitriles is 1. The first kappa shape index (κ1) is 19.1. The average molecular weight is 404 g/mol. The average Bonchev–Trinajstić information content (AvgIpc) is 2.79. The van der Waals surface area contributed by atoms with Gasteiger partial charge in [-0.15, -0.1) is 0 Å². The molecule has 4 heterocycles. The van der Waals surface area contributed by atoms with Gasteiger partial charge in [-0.3, -0.25) is 0 Å². The van der Waals surface area contributed by atoms with E-state index in [0.29, 0.717) is 24.4 Å². The van der Waals surface area contributed by atoms with Gasteiger partial charge >= 0.3 is 6.03 Å². The predicted molar refractivity (Wildman–Crippen MR) is 111 cm³/mol. The second kappa shape index (κ2) is 7.73. The molecule has 5 nitrogen and oxygen atoms in total. The van der Waals surface area contributed by atoms with Crippen molar-refractivity contribution in [2.75, 3.05) is 26.2 Å². The van der Waals surface area contributed by atoms with Crippen LogP contribution in [0.15, 0.2) is 42.5 Å². The fourth-order valence-electron chi connectivity index (χ4n) is 5.29. The molecule has 0 spiro atoms. The van der Waals surface area contributed by atoms with Crippen LogP contribution in [0, 0.1) is 23.1 Å². The number of hydrogen-bond acceptors (Lipinski definition) is 3. The van der Waals surface area contributed by atoms with Crippen LogP contribution in [0.2, 0.25) is 0 Å². The second-order valence-corrected chi connectivity index (χ2v) is 8.62. The quantitative estimate of drug-likeness (QED) is 0.834. The van der Waals surface area contributed by atoms with Crippen LogP contribution in [-0.4, -0.2) is 48.1 Å². The number of carbonyl (C=O) groups excluding carboxylic acids is 1. The molecule has 4 aliphatic heterocycles. The van der Waals surface area contributed by atoms with Crippen molar-refractivity contribution in [3.63, 3.8) is 0 Å². The Balaban J connectivity index is 1.46. The van der Waals surface area contributed by atoms with Crippen molar-refractivity contribution in [3.05, 3.63) is 70.5 Å². The molecule has 0 radical (unpaired) electrons. The number of carbonyl (C=O) groups is 1. The third-order valence-corrected chi connectivity index (χ3v) is 6.91. The third-order valence-electron chi connectivity index (χ3n) is 6.91. The second-order valence-electron chi connectivity index (χ2n) is 8.62. The first-order chi connectivity index (χ1) is 14.6. The minimum absolute atomic E-state index is 0.0573. The SMILES string of the molecule is N#Cc1ccc2c(c1)CCN(C(=O)N[C@H]1CN3CCC1CC3)C2c1ccc(F)cc1. The van der Waals surface area contributed by atoms with Gasteiger partial charge in [-0.25, -0.2) is 9.18 Å². The molecule has 0 saturated carbocycles. The fourth-order valence-corrected chi connectivity index (χ4v) is 5.29. The Hall–Kier alpha value is -2.91. The zero-order valence-electron chi connectivity index (χ0n) is 16.9. The van der Waals surface area contributed by atoms with E-state index in [2.05, 4.69) is 16.3 Å². The van der Waals surface area contributed by atoms with Crippen LogP contribution in [0.5, 0.6) is 0 Å². The molecule has 4 aliphatic rings. The minimum Gasteiger partial charge on any atom is -0.334 e. The van der Waals surface area contributed by atoms with Gasteiger partial charge < -0.3 is 15.1 Å². The van der Waals surface area contributed by atoms with Crippen molar-refractivity contribution < 1.29 is 9.18 Å². The van der Waals surface area contributed by atoms with E-state index in [1.165, 1.54) is 12.1 Å². The van der Waals surface area contributed by atoms with Crippen molar-refractivity contribution >= 4 is 6.03 Å². The molecule has 30 heavy (non-hydrogen) atoms. The highest BCUT2D eigenvalue weighted by Gasteiger charge is 2.38. The predicted octanol–water partition coefficient (Wildman–Crippen LogP) is 3.45. The van der Waals surface area contributed by atoms with Crippen LogP contribution < -0.4 is 5.32 Å². The first-order valence-electron chi connectivity index (χ1n) is 10.7. The highest BCUT2D eigenvalue weighted by atomic mass is 19.1. The van der Waals surface area contributed by atoms with Crippen molar-refractivity contribution in [1.29, 1.82) is 5.26 Å². The topological polar surface area (TPSA) is 59.4 Å². The molecule has 6 rings (SSSR count). The van der Waals surface area contributed by atoms with Gasteiger partial charge in [-0.2, -0.15) is 5.26 Å². The summed E-state index contributed by atoms with van der Waals surface area (Å²) in [7, 11) is 0. The van der Waals surface area contributed by atoms with E-state index < -0.39 is 0 Å². The van der Waals surface area contributed by atoms with E-state index in [1.807, 2.05) is 17.0 Å². The number of rotatable bonds is 2. The molecular weight excluding hydrogens is 379 g/mol. The molecule has 2 aromatic rings. The lowest BCUT2D eigenvalue weighted by Crippen LogP contribution is -2.59. The Morgan fingerprint density at radius 2 is 1.87 bits per heavy atom. The van der Waals surface area contributed by atoms with E-state index in [4.69, 9.17) is 0 Å². The molecule has 0 aromatic heterocycles. The Bertz CT molecular complexity index is 991. The van der Waals surface area contributed by atoms with Gasteiger partial charge in [-0.1, -0.05) is 18.2 Å². The van der Waals surface area contributed by atoms with Gasteiger partial charge in [0.05, 0.1) is 17.7 Å². The molecule has 154 valence electrons. The number of nitrogens with zero attached hydrogens (tertiary/aromatic N) is 3. The molecule has 3 saturated heterocycles. The highest BCUT2D eigenvalue weighted by molar-refractivity contribution is 5.76. The van der Waals surface area contributed by atoms with Crippen molar-refractivity contribution in [2.45, 2.75) is 31.3 Å². The standard InChI is InChI=1S/C24H25FN4O/c25-20-4-2-18(3-5-20)23-21-6-1-16(14-26)13-19(21)9-12-29(23)24(30)27-22-15-28-10-7-17(22)8-11-28/h1-6,13,17,22-23H,7-12,15H2,(H,27,30)/t22-,23?/m0/s1. The summed E-state index contributed by atoms with van der Waals surface area (Å²) in [6.45, 7) is 3.76. The first-order valence-corrected chi connectivity index (χ1v) is 10.7. The lowest BCUT2D eigenvalue weighted by Gasteiger charge is -2.46. The van der Waals surface area contributed by atoms with E-state index in [0.717, 1.165) is 49.2 Å². The number of hydrogen-bond donors (Lipinski definition) is 1. The maximum atomic E-state index is 13.6. The molecule has 1 unspecified atom stereocenters. The summed E-state index contributed by atoms with van der Waals surface area (Å²) in [6.07, 6.45) is 2.99. The van der Waals surface area contributed by atoms with E-state index in [9.17, 15) is 14.4 Å². The van der Waals surface area contributed by atoms with Gasteiger partial charge in [0.2, 0.25) is 0 Å². The monoisotopic (exact) mass is 404 g/mol. The highest BCUT2D eigenvalue weighted by Crippen LogP contribution is 2.36. The van der Waals surface area contributed by atoms with E-state index >= 15 is 0 Å². The summed E-state index contributed by atoms with van der Waals surface area (Å²) in [6, 6.07) is 14.1. The van der Waals surface area contributed by atoms with Gasteiger partial charge in [0.15, 0.2) is 0 Å². The summed E-state index contributed by atoms with van der Waals surface area (Å²) >= 11 is 0. The molecular formula is C24H25FN4O. The molecule has 3 fully saturated rings. The zero-order chi connectivity index (χ0) is 20.7. The van der Waals surface area contributed by atoms with Gasteiger partial charge in [0.25, 0.3) is 0 Å². The number of halogens is 1. The number of fused-ring (bicyclic) bond motifs is 4. The number of benzene rings is 2. The van der Waals surface area contributed by atoms with Crippen molar-refractivity contribution in [2.24, 2.45) is 5.92 Å². The maximum Gasteiger partial charge on any atom is 0.318 e. The summed E-state index contributed by atoms with van der Waals surface area (Å²) < 4.78 is 13.6. The Kier molecular flexibility index (Phi) is 4.92. The molecule has 6 heteroatoms. The van der Waals surface area contributed by atoms with Crippen LogP contribution in [0.3, 0.4) is 0 Å². The lowest BCUT2D eigenvalue weighted by atomic mass is 9.84. The minimum atomic E-state index is -0.294. The molecule has 1 N–H and O–H groups in total. The molecule has 2 aromatic carbocycles. The lowest BCUT2D eigenvalue weighted by molar-refractivity contribution is 0.0715. The molecule has 2 bridgehead atoms. The van der Waals surface area contributed by atoms with E-state index in [-0.39, 0.29) is 23.9 Å². The summed E-state index contributed by atoms with van der Waals surface area (Å²) in [4.78, 5) is 17.7. The van der Waals surface area contributed by atoms with Gasteiger partial charge in [0, 0.05) is 19.1 Å². The number of piperidine rings is 3. The smallest absolute Gasteiger partial charge is 0.318 e. The Labute approximate surface area is 176 Å². The van der Waals surface area contributed by atoms with E-state index in [1.54, 1.807) is 18.2 Å². The van der Waals surface area contributed by atoms with Gasteiger partial charge in [-0.05, 0) is 79.2 Å². The number of amides is 2. The van der Waals surface area contributed by atoms with Crippen LogP contribution >= 0.6 is 0 Å². The van der Waals surface area contributed by atoms with Crippen molar-refractivity contribution in [3.8, 4) is 6.07 Å². The molecule has 2 atom stereocenters. The largest absolute Gasteiger partial charge is 0.334 e. The molecule has 0 aliphatic carbocycles. The maximum absolute atomic E-state index is 13.6. The zero-order valence-corrected chi connectivity index (χ0v) is 16.9. The number of urea groups is 1. The number of nitrogens with one attached hydrogen (secondary N) is 1. The normalized spacial score (nSPS) is 27.3. The summed E-state index contributed by atoms with van der Waals surface area (Å²) in [5.74, 6) is 0.261.